The molecule has 9 nitrogen and oxygen atoms in total. The zero-order valence-corrected chi connectivity index (χ0v) is 10.2. The number of H-pyrrole nitrogens is 1. The Balaban J connectivity index is 2.11. The quantitative estimate of drug-likeness (QED) is 0.391. The number of aromatic amines is 1. The molecule has 0 bridgehead atoms. The summed E-state index contributed by atoms with van der Waals surface area (Å²) in [5.74, 6) is -0.159. The second-order valence-electron chi connectivity index (χ2n) is 4.17. The second kappa shape index (κ2) is 5.67. The van der Waals surface area contributed by atoms with E-state index in [-0.39, 0.29) is 30.6 Å². The lowest BCUT2D eigenvalue weighted by atomic mass is 10.2. The number of aromatic nitrogens is 4. The maximum Gasteiger partial charge on any atom is 0.280 e. The number of aliphatic hydroxyl groups excluding tert-OH is 2. The molecule has 2 heterocycles. The number of imidazole rings is 1. The van der Waals surface area contributed by atoms with Crippen LogP contribution in [-0.2, 0) is 0 Å². The normalized spacial score (nSPS) is 12.7. The van der Waals surface area contributed by atoms with Crippen LogP contribution in [0.1, 0.15) is 6.42 Å². The Bertz CT molecular complexity index is 603. The van der Waals surface area contributed by atoms with Crippen molar-refractivity contribution in [2.45, 2.75) is 6.42 Å². The Labute approximate surface area is 108 Å². The molecule has 0 fully saturated rings. The summed E-state index contributed by atoms with van der Waals surface area (Å²) in [4.78, 5) is 21.8. The monoisotopic (exact) mass is 269 g/mol. The highest BCUT2D eigenvalue weighted by atomic mass is 16.3. The Hall–Kier alpha value is -2.13. The van der Waals surface area contributed by atoms with Gasteiger partial charge in [0.2, 0.25) is 5.95 Å². The van der Waals surface area contributed by atoms with Crippen molar-refractivity contribution in [3.63, 3.8) is 0 Å². The van der Waals surface area contributed by atoms with E-state index in [9.17, 15) is 4.79 Å². The van der Waals surface area contributed by atoms with Gasteiger partial charge in [0.05, 0.1) is 0 Å². The smallest absolute Gasteiger partial charge is 0.280 e. The summed E-state index contributed by atoms with van der Waals surface area (Å²) in [5.41, 5.74) is 8.59. The molecule has 0 aromatic carbocycles. The summed E-state index contributed by atoms with van der Waals surface area (Å²) in [6.07, 6.45) is 2.00. The van der Waals surface area contributed by atoms with Crippen molar-refractivity contribution in [2.24, 2.45) is 5.92 Å². The van der Waals surface area contributed by atoms with Crippen LogP contribution in [0.15, 0.2) is 11.1 Å². The lowest BCUT2D eigenvalue weighted by Crippen LogP contribution is -2.22. The third-order valence-corrected chi connectivity index (χ3v) is 2.78. The van der Waals surface area contributed by atoms with Gasteiger partial charge in [-0.05, 0) is 6.42 Å². The van der Waals surface area contributed by atoms with Crippen LogP contribution in [0.2, 0.25) is 0 Å². The first-order chi connectivity index (χ1) is 9.15. The van der Waals surface area contributed by atoms with Gasteiger partial charge in [0.1, 0.15) is 6.33 Å². The first kappa shape index (κ1) is 13.3. The summed E-state index contributed by atoms with van der Waals surface area (Å²) < 4.78 is 1.49. The van der Waals surface area contributed by atoms with E-state index < -0.39 is 5.56 Å². The Kier molecular flexibility index (Phi) is 3.97. The predicted molar refractivity (Wildman–Crippen MR) is 69.1 cm³/mol. The van der Waals surface area contributed by atoms with Crippen molar-refractivity contribution in [2.75, 3.05) is 30.9 Å². The molecular weight excluding hydrogens is 253 g/mol. The fourth-order valence-corrected chi connectivity index (χ4v) is 1.67. The van der Waals surface area contributed by atoms with Crippen molar-refractivity contribution in [3.05, 3.63) is 16.7 Å². The molecule has 0 spiro atoms. The van der Waals surface area contributed by atoms with Crippen molar-refractivity contribution in [3.8, 4) is 0 Å². The number of nitrogen functional groups attached to an aromatic ring is 1. The highest BCUT2D eigenvalue weighted by Gasteiger charge is 2.10. The number of fused-ring (bicyclic) bond motifs is 1. The predicted octanol–water partition coefficient (Wildman–Crippen LogP) is -1.76. The van der Waals surface area contributed by atoms with Crippen LogP contribution in [0.5, 0.6) is 0 Å². The van der Waals surface area contributed by atoms with E-state index in [1.165, 1.54) is 11.0 Å². The summed E-state index contributed by atoms with van der Waals surface area (Å²) in [6, 6.07) is 0. The first-order valence-corrected chi connectivity index (χ1v) is 5.84. The second-order valence-corrected chi connectivity index (χ2v) is 4.17. The lowest BCUT2D eigenvalue weighted by Gasteiger charge is -2.12. The molecule has 0 radical (unpaired) electrons. The van der Waals surface area contributed by atoms with Gasteiger partial charge in [-0.15, -0.1) is 0 Å². The molecule has 104 valence electrons. The number of rotatable bonds is 6. The number of nitrogens with two attached hydrogens (primary N) is 1. The van der Waals surface area contributed by atoms with Crippen LogP contribution in [0.4, 0.5) is 5.95 Å². The Morgan fingerprint density at radius 2 is 2.21 bits per heavy atom. The molecule has 0 aliphatic heterocycles. The highest BCUT2D eigenvalue weighted by Crippen LogP contribution is 2.05. The van der Waals surface area contributed by atoms with Crippen molar-refractivity contribution in [1.29, 1.82) is 0 Å². The van der Waals surface area contributed by atoms with Crippen LogP contribution in [0, 0.1) is 5.92 Å². The topological polar surface area (TPSA) is 142 Å². The Morgan fingerprint density at radius 1 is 1.47 bits per heavy atom. The molecule has 9 heteroatoms. The van der Waals surface area contributed by atoms with Gasteiger partial charge in [-0.3, -0.25) is 9.78 Å². The standard InChI is InChI=1S/C10H16N6O3/c11-10-14-8-7(9(19)15-10)12-5-16(8)13-2-1-6(3-17)4-18/h5-6,13,17-18H,1-4H2,(H3,11,14,15,19)/i3+1/t6-/m1/s1. The molecule has 0 saturated heterocycles. The van der Waals surface area contributed by atoms with E-state index in [2.05, 4.69) is 20.4 Å². The van der Waals surface area contributed by atoms with Gasteiger partial charge >= 0.3 is 0 Å². The molecule has 2 rings (SSSR count). The largest absolute Gasteiger partial charge is 0.396 e. The van der Waals surface area contributed by atoms with Gasteiger partial charge in [-0.2, -0.15) is 4.98 Å². The summed E-state index contributed by atoms with van der Waals surface area (Å²) in [7, 11) is 0. The van der Waals surface area contributed by atoms with E-state index in [0.717, 1.165) is 0 Å². The lowest BCUT2D eigenvalue weighted by molar-refractivity contribution is 0.146. The summed E-state index contributed by atoms with van der Waals surface area (Å²) >= 11 is 0. The van der Waals surface area contributed by atoms with Crippen molar-refractivity contribution >= 4 is 17.1 Å². The van der Waals surface area contributed by atoms with Crippen LogP contribution >= 0.6 is 0 Å². The van der Waals surface area contributed by atoms with E-state index in [1.807, 2.05) is 0 Å². The van der Waals surface area contributed by atoms with Crippen molar-refractivity contribution in [1.82, 2.24) is 19.6 Å². The van der Waals surface area contributed by atoms with E-state index in [0.29, 0.717) is 18.6 Å². The molecule has 0 aliphatic rings. The average Bonchev–Trinajstić information content (AvgIpc) is 2.78. The SMILES string of the molecule is Nc1nc2c(ncn2NCC[C@@H](CO)[13CH2]O)c(=O)[nH]1. The average molecular weight is 269 g/mol. The van der Waals surface area contributed by atoms with Crippen LogP contribution in [0.3, 0.4) is 0 Å². The molecule has 0 saturated carbocycles. The molecule has 2 aromatic heterocycles. The van der Waals surface area contributed by atoms with Gasteiger partial charge in [-0.25, -0.2) is 9.66 Å². The number of hydrogen-bond donors (Lipinski definition) is 5. The molecular formula is C10H16N6O3. The minimum atomic E-state index is -0.397. The summed E-state index contributed by atoms with van der Waals surface area (Å²) in [6.45, 7) is 0.340. The fourth-order valence-electron chi connectivity index (χ4n) is 1.67. The molecule has 1 atom stereocenters. The van der Waals surface area contributed by atoms with E-state index in [1.54, 1.807) is 0 Å². The first-order valence-electron chi connectivity index (χ1n) is 5.84. The zero-order chi connectivity index (χ0) is 13.8. The Morgan fingerprint density at radius 3 is 2.89 bits per heavy atom. The van der Waals surface area contributed by atoms with Crippen molar-refractivity contribution < 1.29 is 10.2 Å². The van der Waals surface area contributed by atoms with Gasteiger partial charge in [0, 0.05) is 25.7 Å². The maximum absolute atomic E-state index is 11.5. The third kappa shape index (κ3) is 2.83. The number of nitrogens with zero attached hydrogens (tertiary/aromatic N) is 3. The van der Waals surface area contributed by atoms with Crippen LogP contribution < -0.4 is 16.7 Å². The molecule has 19 heavy (non-hydrogen) atoms. The summed E-state index contributed by atoms with van der Waals surface area (Å²) in [5, 5.41) is 17.9. The number of nitrogens with one attached hydrogen (secondary N) is 2. The molecule has 6 N–H and O–H groups in total. The van der Waals surface area contributed by atoms with E-state index >= 15 is 0 Å². The number of anilines is 1. The van der Waals surface area contributed by atoms with Crippen LogP contribution in [-0.4, -0.2) is 49.6 Å². The molecule has 2 aromatic rings. The number of aliphatic hydroxyl groups is 2. The third-order valence-electron chi connectivity index (χ3n) is 2.78. The van der Waals surface area contributed by atoms with Gasteiger partial charge in [0.25, 0.3) is 5.56 Å². The van der Waals surface area contributed by atoms with Gasteiger partial charge in [0.15, 0.2) is 11.2 Å². The highest BCUT2D eigenvalue weighted by molar-refractivity contribution is 5.70. The van der Waals surface area contributed by atoms with Gasteiger partial charge < -0.3 is 21.4 Å². The minimum absolute atomic E-state index is 0.0182. The maximum atomic E-state index is 11.5. The van der Waals surface area contributed by atoms with Gasteiger partial charge in [-0.1, -0.05) is 0 Å². The minimum Gasteiger partial charge on any atom is -0.396 e. The molecule has 0 amide bonds. The number of hydrogen-bond acceptors (Lipinski definition) is 7. The fraction of sp³-hybridized carbons (Fsp3) is 0.500. The van der Waals surface area contributed by atoms with E-state index in [4.69, 9.17) is 15.9 Å². The molecule has 0 aliphatic carbocycles. The zero-order valence-electron chi connectivity index (χ0n) is 10.2. The molecule has 0 unspecified atom stereocenters. The van der Waals surface area contributed by atoms with Crippen LogP contribution in [0.25, 0.3) is 11.2 Å².